The minimum absolute atomic E-state index is 0. The second-order valence-electron chi connectivity index (χ2n) is 2.90. The molecule has 0 amide bonds. The number of nitrogens with two attached hydrogens (primary N) is 1. The Bertz CT molecular complexity index is 302. The zero-order valence-electron chi connectivity index (χ0n) is 7.32. The SMILES string of the molecule is CC(N)c1ccc2c(c1)OCO2.Cl. The smallest absolute Gasteiger partial charge is 0.231 e. The molecule has 0 saturated heterocycles. The van der Waals surface area contributed by atoms with Gasteiger partial charge in [-0.25, -0.2) is 0 Å². The molecule has 1 atom stereocenters. The summed E-state index contributed by atoms with van der Waals surface area (Å²) in [5, 5.41) is 0. The second-order valence-corrected chi connectivity index (χ2v) is 2.90. The van der Waals surface area contributed by atoms with Crippen LogP contribution >= 0.6 is 12.4 Å². The fourth-order valence-electron chi connectivity index (χ4n) is 1.20. The van der Waals surface area contributed by atoms with Gasteiger partial charge in [-0.2, -0.15) is 0 Å². The van der Waals surface area contributed by atoms with Crippen molar-refractivity contribution in [3.63, 3.8) is 0 Å². The van der Waals surface area contributed by atoms with Crippen molar-refractivity contribution in [2.45, 2.75) is 13.0 Å². The third kappa shape index (κ3) is 1.87. The van der Waals surface area contributed by atoms with Crippen LogP contribution in [0.4, 0.5) is 0 Å². The van der Waals surface area contributed by atoms with E-state index in [1.165, 1.54) is 0 Å². The molecule has 1 aromatic rings. The molecule has 3 nitrogen and oxygen atoms in total. The lowest BCUT2D eigenvalue weighted by molar-refractivity contribution is 0.174. The molecule has 0 aromatic heterocycles. The average molecular weight is 202 g/mol. The van der Waals surface area contributed by atoms with Gasteiger partial charge < -0.3 is 15.2 Å². The third-order valence-corrected chi connectivity index (χ3v) is 1.92. The molecule has 1 unspecified atom stereocenters. The summed E-state index contributed by atoms with van der Waals surface area (Å²) in [4.78, 5) is 0. The van der Waals surface area contributed by atoms with E-state index in [1.807, 2.05) is 25.1 Å². The number of rotatable bonds is 1. The Balaban J connectivity index is 0.000000845. The first-order valence-electron chi connectivity index (χ1n) is 3.92. The molecule has 1 heterocycles. The quantitative estimate of drug-likeness (QED) is 0.755. The lowest BCUT2D eigenvalue weighted by Gasteiger charge is -2.05. The molecule has 1 aliphatic heterocycles. The maximum Gasteiger partial charge on any atom is 0.231 e. The first-order valence-corrected chi connectivity index (χ1v) is 3.92. The molecule has 0 spiro atoms. The lowest BCUT2D eigenvalue weighted by atomic mass is 10.1. The van der Waals surface area contributed by atoms with Gasteiger partial charge in [0.25, 0.3) is 0 Å². The van der Waals surface area contributed by atoms with E-state index >= 15 is 0 Å². The number of fused-ring (bicyclic) bond motifs is 1. The molecule has 2 rings (SSSR count). The molecule has 1 aliphatic rings. The maximum atomic E-state index is 5.71. The largest absolute Gasteiger partial charge is 0.454 e. The Labute approximate surface area is 83.2 Å². The molecule has 1 aromatic carbocycles. The predicted octanol–water partition coefficient (Wildman–Crippen LogP) is 1.86. The molecular weight excluding hydrogens is 190 g/mol. The van der Waals surface area contributed by atoms with E-state index < -0.39 is 0 Å². The lowest BCUT2D eigenvalue weighted by Crippen LogP contribution is -2.04. The third-order valence-electron chi connectivity index (χ3n) is 1.92. The predicted molar refractivity (Wildman–Crippen MR) is 52.4 cm³/mol. The molecule has 0 saturated carbocycles. The zero-order valence-corrected chi connectivity index (χ0v) is 8.14. The highest BCUT2D eigenvalue weighted by Crippen LogP contribution is 2.33. The first-order chi connectivity index (χ1) is 5.77. The summed E-state index contributed by atoms with van der Waals surface area (Å²) in [5.41, 5.74) is 6.78. The summed E-state index contributed by atoms with van der Waals surface area (Å²) in [6.07, 6.45) is 0. The van der Waals surface area contributed by atoms with E-state index in [2.05, 4.69) is 0 Å². The second kappa shape index (κ2) is 3.85. The summed E-state index contributed by atoms with van der Waals surface area (Å²) in [7, 11) is 0. The van der Waals surface area contributed by atoms with Gasteiger partial charge in [-0.05, 0) is 24.6 Å². The van der Waals surface area contributed by atoms with Gasteiger partial charge >= 0.3 is 0 Å². The number of halogens is 1. The average Bonchev–Trinajstić information content (AvgIpc) is 2.49. The first kappa shape index (κ1) is 10.2. The van der Waals surface area contributed by atoms with Gasteiger partial charge in [0.15, 0.2) is 11.5 Å². The Kier molecular flexibility index (Phi) is 3.01. The van der Waals surface area contributed by atoms with Crippen LogP contribution in [0.25, 0.3) is 0 Å². The Morgan fingerprint density at radius 1 is 1.31 bits per heavy atom. The van der Waals surface area contributed by atoms with Gasteiger partial charge in [0.1, 0.15) is 0 Å². The number of hydrogen-bond acceptors (Lipinski definition) is 3. The van der Waals surface area contributed by atoms with Gasteiger partial charge in [0, 0.05) is 6.04 Å². The molecule has 4 heteroatoms. The summed E-state index contributed by atoms with van der Waals surface area (Å²) in [6, 6.07) is 5.81. The van der Waals surface area contributed by atoms with Crippen molar-refractivity contribution < 1.29 is 9.47 Å². The molecule has 0 radical (unpaired) electrons. The van der Waals surface area contributed by atoms with Gasteiger partial charge in [-0.3, -0.25) is 0 Å². The topological polar surface area (TPSA) is 44.5 Å². The summed E-state index contributed by atoms with van der Waals surface area (Å²) < 4.78 is 10.4. The van der Waals surface area contributed by atoms with Crippen molar-refractivity contribution >= 4 is 12.4 Å². The van der Waals surface area contributed by atoms with Crippen molar-refractivity contribution in [2.75, 3.05) is 6.79 Å². The van der Waals surface area contributed by atoms with E-state index in [9.17, 15) is 0 Å². The van der Waals surface area contributed by atoms with Gasteiger partial charge in [-0.15, -0.1) is 12.4 Å². The minimum Gasteiger partial charge on any atom is -0.454 e. The standard InChI is InChI=1S/C9H11NO2.ClH/c1-6(10)7-2-3-8-9(4-7)12-5-11-8;/h2-4,6H,5,10H2,1H3;1H. The van der Waals surface area contributed by atoms with Gasteiger partial charge in [0.2, 0.25) is 6.79 Å². The zero-order chi connectivity index (χ0) is 8.55. The highest BCUT2D eigenvalue weighted by molar-refractivity contribution is 5.85. The summed E-state index contributed by atoms with van der Waals surface area (Å²) in [5.74, 6) is 1.60. The van der Waals surface area contributed by atoms with Gasteiger partial charge in [0.05, 0.1) is 0 Å². The van der Waals surface area contributed by atoms with Crippen molar-refractivity contribution in [3.05, 3.63) is 23.8 Å². The van der Waals surface area contributed by atoms with Crippen molar-refractivity contribution in [1.82, 2.24) is 0 Å². The summed E-state index contributed by atoms with van der Waals surface area (Å²) >= 11 is 0. The molecule has 72 valence electrons. The monoisotopic (exact) mass is 201 g/mol. The Morgan fingerprint density at radius 3 is 2.69 bits per heavy atom. The normalized spacial score (nSPS) is 14.9. The molecule has 0 aliphatic carbocycles. The van der Waals surface area contributed by atoms with Crippen LogP contribution in [0.3, 0.4) is 0 Å². The van der Waals surface area contributed by atoms with Crippen LogP contribution in [-0.4, -0.2) is 6.79 Å². The fourth-order valence-corrected chi connectivity index (χ4v) is 1.20. The minimum atomic E-state index is 0. The van der Waals surface area contributed by atoms with E-state index in [4.69, 9.17) is 15.2 Å². The molecule has 0 bridgehead atoms. The molecule has 0 fully saturated rings. The summed E-state index contributed by atoms with van der Waals surface area (Å²) in [6.45, 7) is 2.26. The van der Waals surface area contributed by atoms with Crippen LogP contribution in [-0.2, 0) is 0 Å². The molecule has 2 N–H and O–H groups in total. The number of hydrogen-bond donors (Lipinski definition) is 1. The number of benzene rings is 1. The Morgan fingerprint density at radius 2 is 2.00 bits per heavy atom. The maximum absolute atomic E-state index is 5.71. The van der Waals surface area contributed by atoms with Crippen molar-refractivity contribution in [1.29, 1.82) is 0 Å². The van der Waals surface area contributed by atoms with Crippen molar-refractivity contribution in [2.24, 2.45) is 5.73 Å². The highest BCUT2D eigenvalue weighted by Gasteiger charge is 2.13. The van der Waals surface area contributed by atoms with Crippen LogP contribution < -0.4 is 15.2 Å². The van der Waals surface area contributed by atoms with E-state index in [0.29, 0.717) is 6.79 Å². The molecule has 13 heavy (non-hydrogen) atoms. The van der Waals surface area contributed by atoms with Crippen LogP contribution in [0.2, 0.25) is 0 Å². The van der Waals surface area contributed by atoms with Crippen LogP contribution in [0.5, 0.6) is 11.5 Å². The fraction of sp³-hybridized carbons (Fsp3) is 0.333. The van der Waals surface area contributed by atoms with Crippen LogP contribution in [0.1, 0.15) is 18.5 Å². The number of ether oxygens (including phenoxy) is 2. The highest BCUT2D eigenvalue weighted by atomic mass is 35.5. The van der Waals surface area contributed by atoms with Crippen molar-refractivity contribution in [3.8, 4) is 11.5 Å². The van der Waals surface area contributed by atoms with E-state index in [-0.39, 0.29) is 18.4 Å². The van der Waals surface area contributed by atoms with E-state index in [0.717, 1.165) is 17.1 Å². The van der Waals surface area contributed by atoms with E-state index in [1.54, 1.807) is 0 Å². The van der Waals surface area contributed by atoms with Gasteiger partial charge in [-0.1, -0.05) is 6.07 Å². The van der Waals surface area contributed by atoms with Crippen LogP contribution in [0.15, 0.2) is 18.2 Å². The Hall–Kier alpha value is -0.930. The van der Waals surface area contributed by atoms with Crippen LogP contribution in [0, 0.1) is 0 Å². The molecular formula is C9H12ClNO2.